The lowest BCUT2D eigenvalue weighted by Crippen LogP contribution is -2.47. The number of hydrogen-bond donors (Lipinski definition) is 3. The number of halogens is 3. The molecule has 0 saturated heterocycles. The van der Waals surface area contributed by atoms with Crippen LogP contribution in [0.15, 0.2) is 35.0 Å². The van der Waals surface area contributed by atoms with Crippen molar-refractivity contribution in [3.8, 4) is 0 Å². The molecule has 8 nitrogen and oxygen atoms in total. The summed E-state index contributed by atoms with van der Waals surface area (Å²) >= 11 is 2.90. The Bertz CT molecular complexity index is 928. The van der Waals surface area contributed by atoms with Crippen molar-refractivity contribution in [2.45, 2.75) is 43.9 Å². The van der Waals surface area contributed by atoms with Gasteiger partial charge in [-0.2, -0.15) is 13.2 Å². The van der Waals surface area contributed by atoms with Crippen LogP contribution in [0.4, 0.5) is 18.0 Å². The smallest absolute Gasteiger partial charge is 0.465 e. The molecule has 0 aliphatic rings. The fraction of sp³-hybridized carbons (Fsp3) is 0.444. The van der Waals surface area contributed by atoms with Crippen molar-refractivity contribution < 1.29 is 36.3 Å². The van der Waals surface area contributed by atoms with Crippen LogP contribution in [0.3, 0.4) is 0 Å². The van der Waals surface area contributed by atoms with Gasteiger partial charge in [-0.05, 0) is 42.2 Å². The third-order valence-corrected chi connectivity index (χ3v) is 7.19. The van der Waals surface area contributed by atoms with Crippen LogP contribution in [0.5, 0.6) is 0 Å². The lowest BCUT2D eigenvalue weighted by molar-refractivity contribution is -0.134. The van der Waals surface area contributed by atoms with E-state index in [1.807, 2.05) is 35.0 Å². The molecular weight excluding hydrogens is 491 g/mol. The Morgan fingerprint density at radius 2 is 1.62 bits per heavy atom. The van der Waals surface area contributed by atoms with Gasteiger partial charge in [-0.1, -0.05) is 12.1 Å². The minimum Gasteiger partial charge on any atom is -0.465 e. The van der Waals surface area contributed by atoms with E-state index < -0.39 is 40.1 Å². The van der Waals surface area contributed by atoms with Crippen LogP contribution >= 0.6 is 22.7 Å². The molecule has 0 fully saturated rings. The van der Waals surface area contributed by atoms with Crippen LogP contribution in [-0.4, -0.2) is 48.5 Å². The summed E-state index contributed by atoms with van der Waals surface area (Å²) in [5, 5.41) is 15.0. The quantitative estimate of drug-likeness (QED) is 0.375. The first-order chi connectivity index (χ1) is 15.0. The minimum atomic E-state index is -5.44. The summed E-state index contributed by atoms with van der Waals surface area (Å²) in [6, 6.07) is 6.26. The van der Waals surface area contributed by atoms with E-state index >= 15 is 0 Å². The molecule has 0 aliphatic carbocycles. The number of rotatable bonds is 12. The molecule has 2 heterocycles. The maximum atomic E-state index is 13.1. The molecule has 2 rings (SSSR count). The second kappa shape index (κ2) is 11.6. The Morgan fingerprint density at radius 1 is 1.06 bits per heavy atom. The highest BCUT2D eigenvalue weighted by Gasteiger charge is 2.45. The molecule has 2 aromatic heterocycles. The number of unbranched alkanes of at least 4 members (excludes halogenated alkanes) is 1. The summed E-state index contributed by atoms with van der Waals surface area (Å²) in [4.78, 5) is 27.7. The molecule has 0 bridgehead atoms. The van der Waals surface area contributed by atoms with Gasteiger partial charge in [0.2, 0.25) is 5.91 Å². The first-order valence-electron chi connectivity index (χ1n) is 9.38. The van der Waals surface area contributed by atoms with E-state index in [2.05, 4.69) is 5.32 Å². The monoisotopic (exact) mass is 513 g/mol. The zero-order valence-corrected chi connectivity index (χ0v) is 19.1. The summed E-state index contributed by atoms with van der Waals surface area (Å²) in [6.45, 7) is 0.0685. The molecule has 0 spiro atoms. The number of carbonyl (C=O) groups is 2. The summed E-state index contributed by atoms with van der Waals surface area (Å²) in [6.07, 6.45) is -1.28. The molecule has 2 aromatic rings. The number of hydrogen-bond acceptors (Lipinski definition) is 6. The maximum Gasteiger partial charge on any atom is 0.511 e. The first kappa shape index (κ1) is 26.1. The summed E-state index contributed by atoms with van der Waals surface area (Å²) < 4.78 is 60.5. The van der Waals surface area contributed by atoms with Crippen LogP contribution in [0.25, 0.3) is 0 Å². The van der Waals surface area contributed by atoms with Gasteiger partial charge in [0.15, 0.2) is 0 Å². The zero-order chi connectivity index (χ0) is 23.8. The largest absolute Gasteiger partial charge is 0.511 e. The number of carboxylic acid groups (broad SMARTS) is 1. The Morgan fingerprint density at radius 3 is 2.06 bits per heavy atom. The molecule has 0 radical (unpaired) electrons. The van der Waals surface area contributed by atoms with Gasteiger partial charge in [0.1, 0.15) is 6.04 Å². The Balaban J connectivity index is 2.01. The van der Waals surface area contributed by atoms with E-state index in [1.165, 1.54) is 32.3 Å². The number of carbonyl (C=O) groups excluding carboxylic acids is 1. The molecule has 0 unspecified atom stereocenters. The standard InChI is InChI=1S/C18H22F3N3O5S3/c19-18(20,21)32(28,29)22-8-2-1-7-15(23-17(26)27)16(25)24(11-13-5-3-9-30-13)12-14-6-4-10-31-14/h3-6,9-10,15,22-23H,1-2,7-8,11-12H2,(H,26,27)/t15-/m0/s1. The van der Waals surface area contributed by atoms with Crippen LogP contribution in [-0.2, 0) is 27.9 Å². The fourth-order valence-corrected chi connectivity index (χ4v) is 4.80. The predicted molar refractivity (Wildman–Crippen MR) is 115 cm³/mol. The van der Waals surface area contributed by atoms with Crippen molar-refractivity contribution in [1.29, 1.82) is 0 Å². The van der Waals surface area contributed by atoms with Crippen molar-refractivity contribution in [1.82, 2.24) is 14.9 Å². The van der Waals surface area contributed by atoms with Gasteiger partial charge in [0, 0.05) is 16.3 Å². The number of thiophene rings is 2. The lowest BCUT2D eigenvalue weighted by Gasteiger charge is -2.27. The molecule has 178 valence electrons. The summed E-state index contributed by atoms with van der Waals surface area (Å²) in [5.74, 6) is -0.468. The maximum absolute atomic E-state index is 13.1. The second-order valence-electron chi connectivity index (χ2n) is 6.69. The molecule has 32 heavy (non-hydrogen) atoms. The Labute approximate surface area is 191 Å². The van der Waals surface area contributed by atoms with E-state index in [0.717, 1.165) is 9.75 Å². The van der Waals surface area contributed by atoms with Crippen molar-refractivity contribution >= 4 is 44.7 Å². The van der Waals surface area contributed by atoms with E-state index in [4.69, 9.17) is 5.11 Å². The number of amides is 2. The second-order valence-corrected chi connectivity index (χ2v) is 10.5. The van der Waals surface area contributed by atoms with E-state index in [0.29, 0.717) is 0 Å². The molecular formula is C18H22F3N3O5S3. The van der Waals surface area contributed by atoms with Crippen LogP contribution in [0.2, 0.25) is 0 Å². The number of sulfonamides is 1. The van der Waals surface area contributed by atoms with Crippen LogP contribution in [0.1, 0.15) is 29.0 Å². The Hall–Kier alpha value is -2.16. The van der Waals surface area contributed by atoms with Gasteiger partial charge in [-0.3, -0.25) is 4.79 Å². The van der Waals surface area contributed by atoms with E-state index in [9.17, 15) is 31.2 Å². The van der Waals surface area contributed by atoms with Gasteiger partial charge in [0.05, 0.1) is 13.1 Å². The van der Waals surface area contributed by atoms with Crippen molar-refractivity contribution in [3.05, 3.63) is 44.8 Å². The van der Waals surface area contributed by atoms with Crippen LogP contribution in [0, 0.1) is 0 Å². The zero-order valence-electron chi connectivity index (χ0n) is 16.7. The SMILES string of the molecule is O=C(O)N[C@@H](CCCCNS(=O)(=O)C(F)(F)F)C(=O)N(Cc1cccs1)Cc1cccs1. The molecule has 0 saturated carbocycles. The molecule has 0 aromatic carbocycles. The third kappa shape index (κ3) is 8.07. The highest BCUT2D eigenvalue weighted by Crippen LogP contribution is 2.22. The fourth-order valence-electron chi connectivity index (χ4n) is 2.78. The van der Waals surface area contributed by atoms with Gasteiger partial charge >= 0.3 is 21.6 Å². The number of nitrogens with zero attached hydrogens (tertiary/aromatic N) is 1. The normalized spacial score (nSPS) is 13.0. The molecule has 3 N–H and O–H groups in total. The van der Waals surface area contributed by atoms with Gasteiger partial charge in [0.25, 0.3) is 0 Å². The van der Waals surface area contributed by atoms with Gasteiger partial charge < -0.3 is 15.3 Å². The van der Waals surface area contributed by atoms with Gasteiger partial charge in [-0.15, -0.1) is 22.7 Å². The molecule has 1 atom stereocenters. The average molecular weight is 514 g/mol. The van der Waals surface area contributed by atoms with E-state index in [-0.39, 0.29) is 32.4 Å². The number of nitrogens with one attached hydrogen (secondary N) is 2. The topological polar surface area (TPSA) is 116 Å². The van der Waals surface area contributed by atoms with Crippen LogP contribution < -0.4 is 10.0 Å². The highest BCUT2D eigenvalue weighted by atomic mass is 32.2. The molecule has 0 aliphatic heterocycles. The Kier molecular flexibility index (Phi) is 9.48. The van der Waals surface area contributed by atoms with Crippen molar-refractivity contribution in [3.63, 3.8) is 0 Å². The third-order valence-electron chi connectivity index (χ3n) is 4.28. The molecule has 2 amide bonds. The van der Waals surface area contributed by atoms with Crippen molar-refractivity contribution in [2.24, 2.45) is 0 Å². The van der Waals surface area contributed by atoms with E-state index in [1.54, 1.807) is 0 Å². The average Bonchev–Trinajstić information content (AvgIpc) is 3.38. The highest BCUT2D eigenvalue weighted by molar-refractivity contribution is 7.90. The van der Waals surface area contributed by atoms with Crippen molar-refractivity contribution in [2.75, 3.05) is 6.54 Å². The predicted octanol–water partition coefficient (Wildman–Crippen LogP) is 3.58. The van der Waals surface area contributed by atoms with Gasteiger partial charge in [-0.25, -0.2) is 17.9 Å². The first-order valence-corrected chi connectivity index (χ1v) is 12.6. The lowest BCUT2D eigenvalue weighted by atomic mass is 10.1. The minimum absolute atomic E-state index is 0.00373. The summed E-state index contributed by atoms with van der Waals surface area (Å²) in [5.41, 5.74) is -5.40. The number of alkyl halides is 3. The molecule has 14 heteroatoms. The summed E-state index contributed by atoms with van der Waals surface area (Å²) in [7, 11) is -5.44.